The normalized spacial score (nSPS) is 17.4. The Labute approximate surface area is 99.6 Å². The molecule has 2 rings (SSSR count). The maximum atomic E-state index is 10.7. The third-order valence-corrected chi connectivity index (χ3v) is 3.12. The van der Waals surface area contributed by atoms with Crippen molar-refractivity contribution in [1.82, 2.24) is 4.90 Å². The van der Waals surface area contributed by atoms with E-state index in [0.29, 0.717) is 18.3 Å². The van der Waals surface area contributed by atoms with Gasteiger partial charge in [-0.2, -0.15) is 0 Å². The molecule has 5 heteroatoms. The van der Waals surface area contributed by atoms with E-state index < -0.39 is 5.97 Å². The Kier molecular flexibility index (Phi) is 3.49. The molecule has 1 atom stereocenters. The minimum atomic E-state index is -1.05. The number of carboxylic acid groups (broad SMARTS) is 1. The molecule has 1 aromatic heterocycles. The summed E-state index contributed by atoms with van der Waals surface area (Å²) in [5.74, 6) is -0.446. The highest BCUT2D eigenvalue weighted by atomic mass is 16.4. The third kappa shape index (κ3) is 2.68. The van der Waals surface area contributed by atoms with Crippen LogP contribution in [0.5, 0.6) is 0 Å². The lowest BCUT2D eigenvalue weighted by molar-refractivity contribution is 0.0653. The molecule has 0 aromatic carbocycles. The number of carboxylic acids is 1. The van der Waals surface area contributed by atoms with Crippen molar-refractivity contribution in [2.75, 3.05) is 13.2 Å². The smallest absolute Gasteiger partial charge is 0.371 e. The predicted octanol–water partition coefficient (Wildman–Crippen LogP) is 1.50. The number of aliphatic hydroxyl groups is 1. The fraction of sp³-hybridized carbons (Fsp3) is 0.583. The average Bonchev–Trinajstić information content (AvgIpc) is 3.00. The molecule has 0 radical (unpaired) electrons. The third-order valence-electron chi connectivity index (χ3n) is 3.12. The van der Waals surface area contributed by atoms with Crippen LogP contribution in [0.3, 0.4) is 0 Å². The SMILES string of the molecule is CC(c1ccc(C(=O)O)o1)N(CCO)C1CC1. The van der Waals surface area contributed by atoms with E-state index in [-0.39, 0.29) is 18.4 Å². The Morgan fingerprint density at radius 3 is 2.76 bits per heavy atom. The van der Waals surface area contributed by atoms with Gasteiger partial charge < -0.3 is 14.6 Å². The van der Waals surface area contributed by atoms with Crippen molar-refractivity contribution < 1.29 is 19.4 Å². The molecule has 1 fully saturated rings. The van der Waals surface area contributed by atoms with Crippen LogP contribution in [0.15, 0.2) is 16.5 Å². The fourth-order valence-electron chi connectivity index (χ4n) is 2.07. The molecule has 94 valence electrons. The zero-order valence-corrected chi connectivity index (χ0v) is 9.80. The Bertz CT molecular complexity index is 397. The number of furan rings is 1. The summed E-state index contributed by atoms with van der Waals surface area (Å²) in [5.41, 5.74) is 0. The van der Waals surface area contributed by atoms with Gasteiger partial charge in [-0.25, -0.2) is 4.79 Å². The molecule has 1 heterocycles. The Balaban J connectivity index is 2.10. The van der Waals surface area contributed by atoms with Crippen LogP contribution in [0.25, 0.3) is 0 Å². The second kappa shape index (κ2) is 4.89. The van der Waals surface area contributed by atoms with Gasteiger partial charge in [-0.05, 0) is 31.9 Å². The van der Waals surface area contributed by atoms with Crippen LogP contribution in [0.1, 0.15) is 42.1 Å². The Hall–Kier alpha value is -1.33. The van der Waals surface area contributed by atoms with Gasteiger partial charge in [-0.1, -0.05) is 0 Å². The Morgan fingerprint density at radius 1 is 1.59 bits per heavy atom. The van der Waals surface area contributed by atoms with Crippen molar-refractivity contribution in [2.24, 2.45) is 0 Å². The van der Waals surface area contributed by atoms with E-state index in [9.17, 15) is 4.79 Å². The standard InChI is InChI=1S/C12H17NO4/c1-8(13(6-7-14)9-2-3-9)10-4-5-11(17-10)12(15)16/h4-5,8-9,14H,2-3,6-7H2,1H3,(H,15,16). The molecule has 1 aliphatic rings. The van der Waals surface area contributed by atoms with Crippen LogP contribution in [0, 0.1) is 0 Å². The van der Waals surface area contributed by atoms with Crippen molar-refractivity contribution in [1.29, 1.82) is 0 Å². The summed E-state index contributed by atoms with van der Waals surface area (Å²) in [6, 6.07) is 3.66. The van der Waals surface area contributed by atoms with Crippen LogP contribution in [-0.2, 0) is 0 Å². The van der Waals surface area contributed by atoms with E-state index in [1.165, 1.54) is 6.07 Å². The molecule has 0 saturated heterocycles. The average molecular weight is 239 g/mol. The molecule has 0 aliphatic heterocycles. The molecule has 0 bridgehead atoms. The summed E-state index contributed by atoms with van der Waals surface area (Å²) in [6.07, 6.45) is 2.27. The molecule has 2 N–H and O–H groups in total. The highest BCUT2D eigenvalue weighted by Crippen LogP contribution is 2.34. The number of aromatic carboxylic acids is 1. The lowest BCUT2D eigenvalue weighted by Crippen LogP contribution is -2.31. The van der Waals surface area contributed by atoms with Gasteiger partial charge in [0.05, 0.1) is 12.6 Å². The summed E-state index contributed by atoms with van der Waals surface area (Å²) in [6.45, 7) is 2.67. The molecular weight excluding hydrogens is 222 g/mol. The number of hydrogen-bond acceptors (Lipinski definition) is 4. The monoisotopic (exact) mass is 239 g/mol. The van der Waals surface area contributed by atoms with E-state index >= 15 is 0 Å². The number of rotatable bonds is 6. The lowest BCUT2D eigenvalue weighted by Gasteiger charge is -2.26. The summed E-state index contributed by atoms with van der Waals surface area (Å²) >= 11 is 0. The topological polar surface area (TPSA) is 73.9 Å². The maximum absolute atomic E-state index is 10.7. The van der Waals surface area contributed by atoms with Gasteiger partial charge in [0.15, 0.2) is 0 Å². The van der Waals surface area contributed by atoms with Gasteiger partial charge in [-0.15, -0.1) is 0 Å². The minimum absolute atomic E-state index is 0.00255. The van der Waals surface area contributed by atoms with Crippen molar-refractivity contribution in [3.05, 3.63) is 23.7 Å². The summed E-state index contributed by atoms with van der Waals surface area (Å²) < 4.78 is 5.29. The van der Waals surface area contributed by atoms with Crippen LogP contribution in [0.2, 0.25) is 0 Å². The van der Waals surface area contributed by atoms with Gasteiger partial charge in [0.1, 0.15) is 5.76 Å². The number of nitrogens with zero attached hydrogens (tertiary/aromatic N) is 1. The van der Waals surface area contributed by atoms with Gasteiger partial charge in [0.25, 0.3) is 0 Å². The molecule has 0 spiro atoms. The maximum Gasteiger partial charge on any atom is 0.371 e. The van der Waals surface area contributed by atoms with Crippen molar-refractivity contribution in [2.45, 2.75) is 31.8 Å². The number of hydrogen-bond donors (Lipinski definition) is 2. The quantitative estimate of drug-likeness (QED) is 0.786. The second-order valence-corrected chi connectivity index (χ2v) is 4.38. The van der Waals surface area contributed by atoms with E-state index in [1.807, 2.05) is 6.92 Å². The van der Waals surface area contributed by atoms with Gasteiger partial charge >= 0.3 is 5.97 Å². The lowest BCUT2D eigenvalue weighted by atomic mass is 10.2. The molecule has 1 unspecified atom stereocenters. The first-order valence-electron chi connectivity index (χ1n) is 5.83. The molecule has 5 nitrogen and oxygen atoms in total. The molecule has 1 aliphatic carbocycles. The summed E-state index contributed by atoms with van der Waals surface area (Å²) in [5, 5.41) is 17.8. The first-order valence-corrected chi connectivity index (χ1v) is 5.83. The first kappa shape index (κ1) is 12.1. The largest absolute Gasteiger partial charge is 0.475 e. The molecule has 1 aromatic rings. The van der Waals surface area contributed by atoms with E-state index in [0.717, 1.165) is 12.8 Å². The van der Waals surface area contributed by atoms with Crippen LogP contribution >= 0.6 is 0 Å². The molecule has 1 saturated carbocycles. The zero-order chi connectivity index (χ0) is 12.4. The number of aliphatic hydroxyl groups excluding tert-OH is 1. The second-order valence-electron chi connectivity index (χ2n) is 4.38. The Morgan fingerprint density at radius 2 is 2.29 bits per heavy atom. The van der Waals surface area contributed by atoms with Crippen LogP contribution in [-0.4, -0.2) is 40.3 Å². The van der Waals surface area contributed by atoms with Crippen molar-refractivity contribution >= 4 is 5.97 Å². The first-order chi connectivity index (χ1) is 8.13. The highest BCUT2D eigenvalue weighted by Gasteiger charge is 2.33. The predicted molar refractivity (Wildman–Crippen MR) is 60.9 cm³/mol. The van der Waals surface area contributed by atoms with E-state index in [2.05, 4.69) is 4.90 Å². The van der Waals surface area contributed by atoms with Gasteiger partial charge in [-0.3, -0.25) is 4.90 Å². The molecular formula is C12H17NO4. The minimum Gasteiger partial charge on any atom is -0.475 e. The van der Waals surface area contributed by atoms with Crippen LogP contribution < -0.4 is 0 Å². The zero-order valence-electron chi connectivity index (χ0n) is 9.80. The summed E-state index contributed by atoms with van der Waals surface area (Å²) in [4.78, 5) is 12.9. The molecule has 17 heavy (non-hydrogen) atoms. The van der Waals surface area contributed by atoms with E-state index in [4.69, 9.17) is 14.6 Å². The molecule has 0 amide bonds. The van der Waals surface area contributed by atoms with Crippen molar-refractivity contribution in [3.8, 4) is 0 Å². The fourth-order valence-corrected chi connectivity index (χ4v) is 2.07. The number of carbonyl (C=O) groups is 1. The van der Waals surface area contributed by atoms with Crippen LogP contribution in [0.4, 0.5) is 0 Å². The summed E-state index contributed by atoms with van der Waals surface area (Å²) in [7, 11) is 0. The van der Waals surface area contributed by atoms with Gasteiger partial charge in [0, 0.05) is 12.6 Å². The van der Waals surface area contributed by atoms with Crippen molar-refractivity contribution in [3.63, 3.8) is 0 Å². The van der Waals surface area contributed by atoms with Gasteiger partial charge in [0.2, 0.25) is 5.76 Å². The highest BCUT2D eigenvalue weighted by molar-refractivity contribution is 5.84. The van der Waals surface area contributed by atoms with E-state index in [1.54, 1.807) is 6.07 Å².